The van der Waals surface area contributed by atoms with E-state index in [9.17, 15) is 0 Å². The summed E-state index contributed by atoms with van der Waals surface area (Å²) in [5.74, 6) is 1.78. The van der Waals surface area contributed by atoms with Crippen LogP contribution in [0.2, 0.25) is 0 Å². The van der Waals surface area contributed by atoms with Crippen LogP contribution in [0.5, 0.6) is 0 Å². The molecule has 0 N–H and O–H groups in total. The molecule has 3 aromatic rings. The Kier molecular flexibility index (Phi) is 2.38. The molecule has 0 aliphatic heterocycles. The molecular formula is C13H11N4+. The molecule has 17 heavy (non-hydrogen) atoms. The first-order chi connectivity index (χ1) is 8.43. The van der Waals surface area contributed by atoms with Crippen LogP contribution in [0.25, 0.3) is 11.6 Å². The van der Waals surface area contributed by atoms with Crippen molar-refractivity contribution in [2.75, 3.05) is 0 Å². The van der Waals surface area contributed by atoms with Gasteiger partial charge >= 0.3 is 0 Å². The summed E-state index contributed by atoms with van der Waals surface area (Å²) in [5, 5.41) is 0. The minimum atomic E-state index is 0.891. The molecule has 0 saturated heterocycles. The van der Waals surface area contributed by atoms with Crippen molar-refractivity contribution in [2.24, 2.45) is 0 Å². The number of hydrogen-bond acceptors (Lipinski definition) is 2. The van der Waals surface area contributed by atoms with Gasteiger partial charge < -0.3 is 0 Å². The summed E-state index contributed by atoms with van der Waals surface area (Å²) in [6.45, 7) is 0. The van der Waals surface area contributed by atoms with E-state index in [0.29, 0.717) is 0 Å². The van der Waals surface area contributed by atoms with E-state index in [4.69, 9.17) is 0 Å². The van der Waals surface area contributed by atoms with Gasteiger partial charge in [-0.3, -0.25) is 0 Å². The van der Waals surface area contributed by atoms with Crippen LogP contribution in [-0.4, -0.2) is 14.5 Å². The van der Waals surface area contributed by atoms with Crippen LogP contribution in [0, 0.1) is 0 Å². The van der Waals surface area contributed by atoms with Crippen molar-refractivity contribution in [3.8, 4) is 11.6 Å². The molecule has 0 unspecified atom stereocenters. The van der Waals surface area contributed by atoms with E-state index < -0.39 is 0 Å². The molecule has 0 atom stereocenters. The largest absolute Gasteiger partial charge is 0.266 e. The molecule has 0 spiro atoms. The lowest BCUT2D eigenvalue weighted by Gasteiger charge is -1.94. The Morgan fingerprint density at radius 1 is 0.941 bits per heavy atom. The van der Waals surface area contributed by atoms with E-state index in [2.05, 4.69) is 9.97 Å². The second-order valence-corrected chi connectivity index (χ2v) is 3.60. The van der Waals surface area contributed by atoms with E-state index in [0.717, 1.165) is 11.6 Å². The van der Waals surface area contributed by atoms with Crippen LogP contribution in [-0.2, 0) is 0 Å². The number of aromatic nitrogens is 4. The monoisotopic (exact) mass is 223 g/mol. The molecule has 0 saturated carbocycles. The maximum absolute atomic E-state index is 4.29. The Morgan fingerprint density at radius 2 is 1.76 bits per heavy atom. The Hall–Kier alpha value is -2.49. The van der Waals surface area contributed by atoms with Crippen molar-refractivity contribution >= 4 is 0 Å². The van der Waals surface area contributed by atoms with Gasteiger partial charge in [0.05, 0.1) is 0 Å². The highest BCUT2D eigenvalue weighted by Gasteiger charge is 2.07. The van der Waals surface area contributed by atoms with Crippen molar-refractivity contribution in [1.29, 1.82) is 0 Å². The molecule has 0 amide bonds. The minimum absolute atomic E-state index is 0.891. The summed E-state index contributed by atoms with van der Waals surface area (Å²) in [6.07, 6.45) is 9.42. The van der Waals surface area contributed by atoms with Crippen LogP contribution in [0.3, 0.4) is 0 Å². The lowest BCUT2D eigenvalue weighted by atomic mass is 10.4. The van der Waals surface area contributed by atoms with Gasteiger partial charge in [0.1, 0.15) is 18.6 Å². The molecule has 0 aliphatic rings. The van der Waals surface area contributed by atoms with Crippen LogP contribution in [0.1, 0.15) is 0 Å². The summed E-state index contributed by atoms with van der Waals surface area (Å²) < 4.78 is 3.91. The molecule has 0 aromatic carbocycles. The van der Waals surface area contributed by atoms with Crippen molar-refractivity contribution in [1.82, 2.24) is 14.5 Å². The van der Waals surface area contributed by atoms with E-state index >= 15 is 0 Å². The molecular weight excluding hydrogens is 212 g/mol. The molecule has 3 aromatic heterocycles. The fraction of sp³-hybridized carbons (Fsp3) is 0. The maximum Gasteiger partial charge on any atom is 0.266 e. The number of imidazole rings is 1. The second kappa shape index (κ2) is 4.17. The Bertz CT molecular complexity index is 548. The summed E-state index contributed by atoms with van der Waals surface area (Å²) in [7, 11) is 0. The van der Waals surface area contributed by atoms with E-state index in [1.165, 1.54) is 0 Å². The van der Waals surface area contributed by atoms with E-state index in [-0.39, 0.29) is 0 Å². The first-order valence-corrected chi connectivity index (χ1v) is 5.35. The average Bonchev–Trinajstić information content (AvgIpc) is 2.90. The first-order valence-electron chi connectivity index (χ1n) is 5.35. The smallest absolute Gasteiger partial charge is 0.225 e. The van der Waals surface area contributed by atoms with Gasteiger partial charge in [-0.25, -0.2) is 14.1 Å². The maximum atomic E-state index is 4.29. The number of pyridine rings is 2. The molecule has 0 aliphatic carbocycles. The highest BCUT2D eigenvalue weighted by atomic mass is 15.2. The fourth-order valence-corrected chi connectivity index (χ4v) is 1.64. The predicted octanol–water partition coefficient (Wildman–Crippen LogP) is 1.54. The zero-order valence-corrected chi connectivity index (χ0v) is 9.14. The zero-order chi connectivity index (χ0) is 11.5. The quantitative estimate of drug-likeness (QED) is 0.618. The van der Waals surface area contributed by atoms with Gasteiger partial charge in [0, 0.05) is 12.3 Å². The number of rotatable bonds is 2. The van der Waals surface area contributed by atoms with Crippen molar-refractivity contribution < 1.29 is 4.57 Å². The van der Waals surface area contributed by atoms with Gasteiger partial charge in [-0.2, -0.15) is 0 Å². The van der Waals surface area contributed by atoms with Crippen LogP contribution >= 0.6 is 0 Å². The first kappa shape index (κ1) is 9.72. The molecule has 4 heteroatoms. The van der Waals surface area contributed by atoms with Gasteiger partial charge in [0.15, 0.2) is 5.82 Å². The molecule has 82 valence electrons. The molecule has 4 nitrogen and oxygen atoms in total. The van der Waals surface area contributed by atoms with Gasteiger partial charge in [0.2, 0.25) is 6.33 Å². The third-order valence-electron chi connectivity index (χ3n) is 2.46. The summed E-state index contributed by atoms with van der Waals surface area (Å²) >= 11 is 0. The van der Waals surface area contributed by atoms with Gasteiger partial charge in [-0.15, -0.1) is 4.98 Å². The van der Waals surface area contributed by atoms with Crippen molar-refractivity contribution in [2.45, 2.75) is 0 Å². The fourth-order valence-electron chi connectivity index (χ4n) is 1.64. The van der Waals surface area contributed by atoms with Crippen LogP contribution in [0.15, 0.2) is 67.5 Å². The lowest BCUT2D eigenvalue weighted by Crippen LogP contribution is -2.28. The van der Waals surface area contributed by atoms with E-state index in [1.54, 1.807) is 12.4 Å². The highest BCUT2D eigenvalue weighted by molar-refractivity contribution is 5.20. The van der Waals surface area contributed by atoms with Crippen LogP contribution < -0.4 is 4.57 Å². The average molecular weight is 223 g/mol. The third kappa shape index (κ3) is 1.92. The summed E-state index contributed by atoms with van der Waals surface area (Å²) in [4.78, 5) is 8.57. The van der Waals surface area contributed by atoms with Crippen LogP contribution in [0.4, 0.5) is 0 Å². The summed E-state index contributed by atoms with van der Waals surface area (Å²) in [6, 6.07) is 11.7. The Balaban J connectivity index is 1.99. The lowest BCUT2D eigenvalue weighted by molar-refractivity contribution is -0.598. The summed E-state index contributed by atoms with van der Waals surface area (Å²) in [5.41, 5.74) is 0. The number of hydrogen-bond donors (Lipinski definition) is 0. The predicted molar refractivity (Wildman–Crippen MR) is 62.9 cm³/mol. The zero-order valence-electron chi connectivity index (χ0n) is 9.14. The Morgan fingerprint density at radius 3 is 2.47 bits per heavy atom. The van der Waals surface area contributed by atoms with E-state index in [1.807, 2.05) is 64.3 Å². The molecule has 0 bridgehead atoms. The van der Waals surface area contributed by atoms with Crippen molar-refractivity contribution in [3.05, 3.63) is 67.5 Å². The van der Waals surface area contributed by atoms with Gasteiger partial charge in [-0.05, 0) is 18.2 Å². The second-order valence-electron chi connectivity index (χ2n) is 3.60. The SMILES string of the molecule is c1ccc(-n2cc[n+](-c3ccccn3)c2)nc1. The molecule has 0 fully saturated rings. The molecule has 3 heterocycles. The Labute approximate surface area is 98.8 Å². The van der Waals surface area contributed by atoms with Gasteiger partial charge in [0.25, 0.3) is 5.82 Å². The molecule has 3 rings (SSSR count). The minimum Gasteiger partial charge on any atom is -0.225 e. The highest BCUT2D eigenvalue weighted by Crippen LogP contribution is 2.01. The van der Waals surface area contributed by atoms with Crippen molar-refractivity contribution in [3.63, 3.8) is 0 Å². The normalized spacial score (nSPS) is 10.4. The number of nitrogens with zero attached hydrogens (tertiary/aromatic N) is 4. The topological polar surface area (TPSA) is 34.6 Å². The molecule has 0 radical (unpaired) electrons. The third-order valence-corrected chi connectivity index (χ3v) is 2.46. The van der Waals surface area contributed by atoms with Gasteiger partial charge in [-0.1, -0.05) is 12.1 Å². The standard InChI is InChI=1S/C13H11N4/c1-3-7-14-12(5-1)16-9-10-17(11-16)13-6-2-4-8-15-13/h1-11H/q+1.